The normalized spacial score (nSPS) is 16.1. The average molecular weight is 413 g/mol. The summed E-state index contributed by atoms with van der Waals surface area (Å²) in [5.41, 5.74) is 1.72. The third kappa shape index (κ3) is 4.04. The molecule has 152 valence electrons. The molecule has 0 amide bonds. The van der Waals surface area contributed by atoms with Crippen LogP contribution in [0.2, 0.25) is 0 Å². The minimum Gasteiger partial charge on any atom is -0.497 e. The highest BCUT2D eigenvalue weighted by Crippen LogP contribution is 2.31. The second-order valence-electron chi connectivity index (χ2n) is 7.18. The highest BCUT2D eigenvalue weighted by molar-refractivity contribution is 7.89. The number of aromatic nitrogens is 2. The third-order valence-electron chi connectivity index (χ3n) is 5.20. The molecule has 4 rings (SSSR count). The zero-order chi connectivity index (χ0) is 20.4. The van der Waals surface area contributed by atoms with E-state index in [-0.39, 0.29) is 5.92 Å². The first-order valence-electron chi connectivity index (χ1n) is 9.52. The molecule has 0 atom stereocenters. The molecule has 1 fully saturated rings. The summed E-state index contributed by atoms with van der Waals surface area (Å²) in [5.74, 6) is 1.85. The molecule has 7 nitrogen and oxygen atoms in total. The number of sulfonamides is 1. The molecule has 3 aromatic rings. The van der Waals surface area contributed by atoms with Crippen LogP contribution in [0, 0.1) is 6.92 Å². The van der Waals surface area contributed by atoms with E-state index in [2.05, 4.69) is 10.1 Å². The van der Waals surface area contributed by atoms with Crippen molar-refractivity contribution >= 4 is 10.0 Å². The molecule has 1 aliphatic heterocycles. The van der Waals surface area contributed by atoms with Gasteiger partial charge < -0.3 is 9.26 Å². The summed E-state index contributed by atoms with van der Waals surface area (Å²) in [6.07, 6.45) is 1.31. The lowest BCUT2D eigenvalue weighted by Crippen LogP contribution is -2.38. The van der Waals surface area contributed by atoms with Gasteiger partial charge in [0, 0.05) is 24.6 Å². The molecule has 0 unspecified atom stereocenters. The van der Waals surface area contributed by atoms with Crippen LogP contribution in [0.15, 0.2) is 57.9 Å². The van der Waals surface area contributed by atoms with E-state index in [0.29, 0.717) is 42.5 Å². The van der Waals surface area contributed by atoms with Crippen LogP contribution in [0.3, 0.4) is 0 Å². The minimum absolute atomic E-state index is 0.0714. The summed E-state index contributed by atoms with van der Waals surface area (Å²) in [6.45, 7) is 2.76. The van der Waals surface area contributed by atoms with Gasteiger partial charge in [-0.15, -0.1) is 0 Å². The van der Waals surface area contributed by atoms with Crippen molar-refractivity contribution in [3.8, 4) is 17.2 Å². The zero-order valence-corrected chi connectivity index (χ0v) is 17.2. The van der Waals surface area contributed by atoms with Crippen molar-refractivity contribution in [3.05, 3.63) is 59.9 Å². The standard InChI is InChI=1S/C21H23N3O4S/c1-15-5-3-8-19(13-15)29(25,26)24-11-9-16(10-12-24)20-22-21(28-23-20)17-6-4-7-18(14-17)27-2/h3-8,13-14,16H,9-12H2,1-2H3. The van der Waals surface area contributed by atoms with Crippen LogP contribution >= 0.6 is 0 Å². The first-order chi connectivity index (χ1) is 14.0. The van der Waals surface area contributed by atoms with Crippen LogP contribution in [0.4, 0.5) is 0 Å². The minimum atomic E-state index is -3.48. The average Bonchev–Trinajstić information content (AvgIpc) is 3.24. The van der Waals surface area contributed by atoms with E-state index in [1.807, 2.05) is 37.3 Å². The molecule has 1 aliphatic rings. The lowest BCUT2D eigenvalue weighted by atomic mass is 9.97. The maximum Gasteiger partial charge on any atom is 0.258 e. The molecule has 0 N–H and O–H groups in total. The molecule has 0 bridgehead atoms. The van der Waals surface area contributed by atoms with E-state index < -0.39 is 10.0 Å². The smallest absolute Gasteiger partial charge is 0.258 e. The summed E-state index contributed by atoms with van der Waals surface area (Å²) in [5, 5.41) is 4.13. The molecule has 8 heteroatoms. The van der Waals surface area contributed by atoms with Gasteiger partial charge in [0.2, 0.25) is 10.0 Å². The number of rotatable bonds is 5. The molecule has 2 aromatic carbocycles. The van der Waals surface area contributed by atoms with Gasteiger partial charge in [-0.25, -0.2) is 8.42 Å². The van der Waals surface area contributed by atoms with Gasteiger partial charge >= 0.3 is 0 Å². The fraction of sp³-hybridized carbons (Fsp3) is 0.333. The Kier molecular flexibility index (Phi) is 5.38. The summed E-state index contributed by atoms with van der Waals surface area (Å²) < 4.78 is 38.0. The van der Waals surface area contributed by atoms with Crippen LogP contribution in [0.5, 0.6) is 5.75 Å². The maximum atomic E-state index is 12.9. The van der Waals surface area contributed by atoms with Gasteiger partial charge in [0.1, 0.15) is 5.75 Å². The Morgan fingerprint density at radius 1 is 1.10 bits per heavy atom. The molecule has 0 spiro atoms. The van der Waals surface area contributed by atoms with Crippen molar-refractivity contribution in [3.63, 3.8) is 0 Å². The van der Waals surface area contributed by atoms with Crippen molar-refractivity contribution in [2.45, 2.75) is 30.6 Å². The van der Waals surface area contributed by atoms with Crippen molar-refractivity contribution in [1.82, 2.24) is 14.4 Å². The van der Waals surface area contributed by atoms with Crippen LogP contribution in [-0.2, 0) is 10.0 Å². The first kappa shape index (κ1) is 19.6. The van der Waals surface area contributed by atoms with Crippen molar-refractivity contribution < 1.29 is 17.7 Å². The number of nitrogens with zero attached hydrogens (tertiary/aromatic N) is 3. The second kappa shape index (κ2) is 7.96. The SMILES string of the molecule is COc1cccc(-c2nc(C3CCN(S(=O)(=O)c4cccc(C)c4)CC3)no2)c1. The lowest BCUT2D eigenvalue weighted by molar-refractivity contribution is 0.307. The van der Waals surface area contributed by atoms with Crippen LogP contribution in [0.1, 0.15) is 30.1 Å². The number of piperidine rings is 1. The molecule has 0 saturated carbocycles. The Bertz CT molecular complexity index is 1100. The number of aryl methyl sites for hydroxylation is 1. The van der Waals surface area contributed by atoms with Crippen LogP contribution < -0.4 is 4.74 Å². The highest BCUT2D eigenvalue weighted by Gasteiger charge is 2.32. The Morgan fingerprint density at radius 3 is 2.59 bits per heavy atom. The Labute approximate surface area is 170 Å². The second-order valence-corrected chi connectivity index (χ2v) is 9.12. The van der Waals surface area contributed by atoms with E-state index in [1.54, 1.807) is 29.6 Å². The topological polar surface area (TPSA) is 85.5 Å². The summed E-state index contributed by atoms with van der Waals surface area (Å²) >= 11 is 0. The van der Waals surface area contributed by atoms with E-state index in [4.69, 9.17) is 9.26 Å². The molecule has 29 heavy (non-hydrogen) atoms. The van der Waals surface area contributed by atoms with E-state index in [9.17, 15) is 8.42 Å². The summed E-state index contributed by atoms with van der Waals surface area (Å²) in [6, 6.07) is 14.5. The molecular formula is C21H23N3O4S. The van der Waals surface area contributed by atoms with Gasteiger partial charge in [0.25, 0.3) is 5.89 Å². The Hall–Kier alpha value is -2.71. The summed E-state index contributed by atoms with van der Waals surface area (Å²) in [7, 11) is -1.87. The number of methoxy groups -OCH3 is 1. The van der Waals surface area contributed by atoms with E-state index >= 15 is 0 Å². The van der Waals surface area contributed by atoms with Gasteiger partial charge in [-0.3, -0.25) is 0 Å². The maximum absolute atomic E-state index is 12.9. The molecule has 1 saturated heterocycles. The summed E-state index contributed by atoms with van der Waals surface area (Å²) in [4.78, 5) is 4.88. The molecule has 2 heterocycles. The largest absolute Gasteiger partial charge is 0.497 e. The van der Waals surface area contributed by atoms with Crippen LogP contribution in [0.25, 0.3) is 11.5 Å². The van der Waals surface area contributed by atoms with Crippen molar-refractivity contribution in [2.24, 2.45) is 0 Å². The predicted octanol–water partition coefficient (Wildman–Crippen LogP) is 3.62. The van der Waals surface area contributed by atoms with Crippen molar-refractivity contribution in [2.75, 3.05) is 20.2 Å². The molecule has 0 aliphatic carbocycles. The number of benzene rings is 2. The van der Waals surface area contributed by atoms with Gasteiger partial charge in [0.15, 0.2) is 5.82 Å². The van der Waals surface area contributed by atoms with Gasteiger partial charge in [0.05, 0.1) is 12.0 Å². The highest BCUT2D eigenvalue weighted by atomic mass is 32.2. The van der Waals surface area contributed by atoms with Gasteiger partial charge in [-0.1, -0.05) is 23.4 Å². The zero-order valence-electron chi connectivity index (χ0n) is 16.4. The third-order valence-corrected chi connectivity index (χ3v) is 7.10. The van der Waals surface area contributed by atoms with Crippen LogP contribution in [-0.4, -0.2) is 43.1 Å². The molecular weight excluding hydrogens is 390 g/mol. The number of hydrogen-bond acceptors (Lipinski definition) is 6. The predicted molar refractivity (Wildman–Crippen MR) is 108 cm³/mol. The van der Waals surface area contributed by atoms with Gasteiger partial charge in [-0.05, 0) is 55.7 Å². The first-order valence-corrected chi connectivity index (χ1v) is 11.0. The van der Waals surface area contributed by atoms with Crippen molar-refractivity contribution in [1.29, 1.82) is 0 Å². The number of hydrogen-bond donors (Lipinski definition) is 0. The Morgan fingerprint density at radius 2 is 1.86 bits per heavy atom. The van der Waals surface area contributed by atoms with Gasteiger partial charge in [-0.2, -0.15) is 9.29 Å². The molecule has 0 radical (unpaired) electrons. The Balaban J connectivity index is 1.46. The lowest BCUT2D eigenvalue weighted by Gasteiger charge is -2.29. The van der Waals surface area contributed by atoms with E-state index in [0.717, 1.165) is 16.9 Å². The quantitative estimate of drug-likeness (QED) is 0.635. The molecule has 1 aromatic heterocycles. The van der Waals surface area contributed by atoms with E-state index in [1.165, 1.54) is 0 Å². The monoisotopic (exact) mass is 413 g/mol. The number of ether oxygens (including phenoxy) is 1. The fourth-order valence-electron chi connectivity index (χ4n) is 3.55. The fourth-order valence-corrected chi connectivity index (χ4v) is 5.13.